The van der Waals surface area contributed by atoms with Crippen molar-refractivity contribution in [1.29, 1.82) is 0 Å². The number of nitrogens with zero attached hydrogens (tertiary/aromatic N) is 1. The Kier molecular flexibility index (Phi) is 3.40. The summed E-state index contributed by atoms with van der Waals surface area (Å²) in [6, 6.07) is 3.61. The van der Waals surface area contributed by atoms with Gasteiger partial charge in [-0.05, 0) is 30.8 Å². The van der Waals surface area contributed by atoms with Crippen LogP contribution in [0.2, 0.25) is 0 Å². The van der Waals surface area contributed by atoms with Crippen LogP contribution in [0.25, 0.3) is 0 Å². The fourth-order valence-corrected chi connectivity index (χ4v) is 4.55. The van der Waals surface area contributed by atoms with Crippen molar-refractivity contribution < 1.29 is 0 Å². The molecule has 3 heterocycles. The molecule has 1 N–H and O–H groups in total. The molecule has 1 aromatic heterocycles. The molecule has 0 aromatic carbocycles. The van der Waals surface area contributed by atoms with Gasteiger partial charge in [-0.2, -0.15) is 23.1 Å². The van der Waals surface area contributed by atoms with Gasteiger partial charge >= 0.3 is 0 Å². The maximum absolute atomic E-state index is 3.72. The largest absolute Gasteiger partial charge is 0.380 e. The average molecular weight is 254 g/mol. The summed E-state index contributed by atoms with van der Waals surface area (Å²) in [5.74, 6) is 2.63. The van der Waals surface area contributed by atoms with Crippen LogP contribution in [0.4, 0.5) is 5.69 Å². The number of rotatable bonds is 2. The maximum atomic E-state index is 3.72. The molecule has 16 heavy (non-hydrogen) atoms. The molecule has 2 unspecified atom stereocenters. The van der Waals surface area contributed by atoms with Gasteiger partial charge in [-0.25, -0.2) is 0 Å². The molecule has 3 rings (SSSR count). The summed E-state index contributed by atoms with van der Waals surface area (Å²) in [6.07, 6.45) is 2.68. The molecule has 1 aromatic rings. The van der Waals surface area contributed by atoms with Crippen LogP contribution in [0.15, 0.2) is 16.8 Å². The molecule has 0 amide bonds. The first-order valence-corrected chi connectivity index (χ1v) is 8.14. The SMILES string of the molecule is c1cc(NC2CCCN3CCSCC23)cs1. The molecule has 2 saturated heterocycles. The first-order valence-electron chi connectivity index (χ1n) is 6.04. The molecule has 2 fully saturated rings. The summed E-state index contributed by atoms with van der Waals surface area (Å²) in [5.41, 5.74) is 1.31. The summed E-state index contributed by atoms with van der Waals surface area (Å²) in [7, 11) is 0. The number of thioether (sulfide) groups is 1. The summed E-state index contributed by atoms with van der Waals surface area (Å²) in [6.45, 7) is 2.60. The molecule has 2 atom stereocenters. The standard InChI is InChI=1S/C12H18N2S2/c1-2-11(13-10-3-6-15-8-10)12-9-16-7-5-14(12)4-1/h3,6,8,11-13H,1-2,4-5,7,9H2. The van der Waals surface area contributed by atoms with Crippen LogP contribution in [-0.2, 0) is 0 Å². The Morgan fingerprint density at radius 1 is 1.38 bits per heavy atom. The van der Waals surface area contributed by atoms with E-state index in [1.54, 1.807) is 11.3 Å². The highest BCUT2D eigenvalue weighted by Crippen LogP contribution is 2.28. The zero-order valence-corrected chi connectivity index (χ0v) is 11.0. The molecular weight excluding hydrogens is 236 g/mol. The zero-order chi connectivity index (χ0) is 10.8. The highest BCUT2D eigenvalue weighted by Gasteiger charge is 2.33. The van der Waals surface area contributed by atoms with Crippen molar-refractivity contribution in [3.8, 4) is 0 Å². The van der Waals surface area contributed by atoms with Crippen LogP contribution in [0, 0.1) is 0 Å². The van der Waals surface area contributed by atoms with Gasteiger partial charge in [-0.3, -0.25) is 4.90 Å². The molecule has 4 heteroatoms. The molecule has 0 aliphatic carbocycles. The third-order valence-electron chi connectivity index (χ3n) is 3.58. The van der Waals surface area contributed by atoms with E-state index in [2.05, 4.69) is 38.8 Å². The molecule has 0 radical (unpaired) electrons. The second kappa shape index (κ2) is 4.98. The minimum Gasteiger partial charge on any atom is -0.380 e. The second-order valence-electron chi connectivity index (χ2n) is 4.58. The predicted molar refractivity (Wildman–Crippen MR) is 73.6 cm³/mol. The van der Waals surface area contributed by atoms with Crippen LogP contribution in [0.1, 0.15) is 12.8 Å². The Balaban J connectivity index is 1.68. The third kappa shape index (κ3) is 2.24. The van der Waals surface area contributed by atoms with Crippen molar-refractivity contribution in [3.05, 3.63) is 16.8 Å². The van der Waals surface area contributed by atoms with Crippen molar-refractivity contribution in [2.45, 2.75) is 24.9 Å². The Labute approximate surface area is 105 Å². The second-order valence-corrected chi connectivity index (χ2v) is 6.51. The van der Waals surface area contributed by atoms with Crippen LogP contribution in [0.3, 0.4) is 0 Å². The van der Waals surface area contributed by atoms with Gasteiger partial charge in [0, 0.05) is 41.2 Å². The van der Waals surface area contributed by atoms with Gasteiger partial charge in [0.05, 0.1) is 0 Å². The smallest absolute Gasteiger partial charge is 0.0451 e. The lowest BCUT2D eigenvalue weighted by molar-refractivity contribution is 0.155. The lowest BCUT2D eigenvalue weighted by atomic mass is 9.97. The molecule has 2 aliphatic heterocycles. The first-order chi connectivity index (χ1) is 7.93. The monoisotopic (exact) mass is 254 g/mol. The summed E-state index contributed by atoms with van der Waals surface area (Å²) in [4.78, 5) is 2.68. The molecule has 0 saturated carbocycles. The Bertz CT molecular complexity index is 324. The summed E-state index contributed by atoms with van der Waals surface area (Å²) < 4.78 is 0. The molecule has 0 spiro atoms. The van der Waals surface area contributed by atoms with Gasteiger partial charge < -0.3 is 5.32 Å². The Morgan fingerprint density at radius 3 is 3.25 bits per heavy atom. The predicted octanol–water partition coefficient (Wildman–Crippen LogP) is 2.74. The normalized spacial score (nSPS) is 31.0. The Morgan fingerprint density at radius 2 is 2.38 bits per heavy atom. The molecule has 0 bridgehead atoms. The van der Waals surface area contributed by atoms with E-state index in [1.807, 2.05) is 0 Å². The molecule has 88 valence electrons. The van der Waals surface area contributed by atoms with Gasteiger partial charge in [0.2, 0.25) is 0 Å². The van der Waals surface area contributed by atoms with Gasteiger partial charge in [0.25, 0.3) is 0 Å². The lowest BCUT2D eigenvalue weighted by Gasteiger charge is -2.44. The van der Waals surface area contributed by atoms with Crippen LogP contribution in [0.5, 0.6) is 0 Å². The Hall–Kier alpha value is -0.190. The van der Waals surface area contributed by atoms with Crippen LogP contribution in [-0.4, -0.2) is 41.6 Å². The molecule has 2 nitrogen and oxygen atoms in total. The number of hydrogen-bond acceptors (Lipinski definition) is 4. The van der Waals surface area contributed by atoms with E-state index in [9.17, 15) is 0 Å². The number of anilines is 1. The highest BCUT2D eigenvalue weighted by atomic mass is 32.2. The number of piperidine rings is 1. The van der Waals surface area contributed by atoms with Crippen molar-refractivity contribution in [3.63, 3.8) is 0 Å². The maximum Gasteiger partial charge on any atom is 0.0451 e. The summed E-state index contributed by atoms with van der Waals surface area (Å²) >= 11 is 3.89. The van der Waals surface area contributed by atoms with Crippen molar-refractivity contribution in [1.82, 2.24) is 4.90 Å². The number of hydrogen-bond donors (Lipinski definition) is 1. The van der Waals surface area contributed by atoms with E-state index in [-0.39, 0.29) is 0 Å². The van der Waals surface area contributed by atoms with Crippen molar-refractivity contribution in [2.75, 3.05) is 29.9 Å². The van der Waals surface area contributed by atoms with E-state index in [1.165, 1.54) is 43.1 Å². The van der Waals surface area contributed by atoms with Gasteiger partial charge in [0.1, 0.15) is 0 Å². The highest BCUT2D eigenvalue weighted by molar-refractivity contribution is 7.99. The average Bonchev–Trinajstić information content (AvgIpc) is 2.82. The molecule has 2 aliphatic rings. The van der Waals surface area contributed by atoms with E-state index >= 15 is 0 Å². The lowest BCUT2D eigenvalue weighted by Crippen LogP contribution is -2.55. The zero-order valence-electron chi connectivity index (χ0n) is 9.39. The quantitative estimate of drug-likeness (QED) is 0.873. The van der Waals surface area contributed by atoms with Gasteiger partial charge in [-0.15, -0.1) is 0 Å². The summed E-state index contributed by atoms with van der Waals surface area (Å²) in [5, 5.41) is 8.08. The number of fused-ring (bicyclic) bond motifs is 1. The van der Waals surface area contributed by atoms with E-state index in [0.717, 1.165) is 6.04 Å². The fraction of sp³-hybridized carbons (Fsp3) is 0.667. The van der Waals surface area contributed by atoms with Crippen LogP contribution < -0.4 is 5.32 Å². The van der Waals surface area contributed by atoms with Crippen LogP contribution >= 0.6 is 23.1 Å². The molecular formula is C12H18N2S2. The van der Waals surface area contributed by atoms with E-state index in [0.29, 0.717) is 6.04 Å². The van der Waals surface area contributed by atoms with E-state index < -0.39 is 0 Å². The van der Waals surface area contributed by atoms with Gasteiger partial charge in [0.15, 0.2) is 0 Å². The van der Waals surface area contributed by atoms with Crippen molar-refractivity contribution >= 4 is 28.8 Å². The van der Waals surface area contributed by atoms with Crippen molar-refractivity contribution in [2.24, 2.45) is 0 Å². The topological polar surface area (TPSA) is 15.3 Å². The third-order valence-corrected chi connectivity index (χ3v) is 5.31. The van der Waals surface area contributed by atoms with Gasteiger partial charge in [-0.1, -0.05) is 0 Å². The minimum absolute atomic E-state index is 0.663. The first kappa shape index (κ1) is 10.9. The van der Waals surface area contributed by atoms with E-state index in [4.69, 9.17) is 0 Å². The minimum atomic E-state index is 0.663. The number of thiophene rings is 1. The fourth-order valence-electron chi connectivity index (χ4n) is 2.74. The number of nitrogens with one attached hydrogen (secondary N) is 1.